The van der Waals surface area contributed by atoms with Crippen LogP contribution in [-0.4, -0.2) is 43.7 Å². The molecule has 2 fully saturated rings. The van der Waals surface area contributed by atoms with Crippen LogP contribution >= 0.6 is 15.9 Å². The Morgan fingerprint density at radius 2 is 1.64 bits per heavy atom. The average molecular weight is 677 g/mol. The van der Waals surface area contributed by atoms with Gasteiger partial charge in [-0.15, -0.1) is 0 Å². The molecule has 0 saturated carbocycles. The number of nitro benzene ring substituents is 2. The van der Waals surface area contributed by atoms with E-state index in [1.807, 2.05) is 24.3 Å². The second-order valence-electron chi connectivity index (χ2n) is 10.2. The number of nitrogens with two attached hydrogens (primary N) is 1. The van der Waals surface area contributed by atoms with Gasteiger partial charge < -0.3 is 10.2 Å². The van der Waals surface area contributed by atoms with Crippen LogP contribution in [0.15, 0.2) is 87.8 Å². The van der Waals surface area contributed by atoms with Gasteiger partial charge >= 0.3 is 5.69 Å². The van der Waals surface area contributed by atoms with Gasteiger partial charge in [0.2, 0.25) is 5.91 Å². The summed E-state index contributed by atoms with van der Waals surface area (Å²) in [5.41, 5.74) is 8.02. The highest BCUT2D eigenvalue weighted by molar-refractivity contribution is 9.10. The number of nitrogens with zero attached hydrogens (tertiary/aromatic N) is 4. The highest BCUT2D eigenvalue weighted by atomic mass is 79.9. The molecule has 3 aromatic carbocycles. The van der Waals surface area contributed by atoms with Gasteiger partial charge in [0.05, 0.1) is 15.9 Å². The molecule has 3 atom stereocenters. The fourth-order valence-corrected chi connectivity index (χ4v) is 5.53. The first-order valence-electron chi connectivity index (χ1n) is 13.3. The van der Waals surface area contributed by atoms with Crippen molar-refractivity contribution in [3.63, 3.8) is 0 Å². The predicted molar refractivity (Wildman–Crippen MR) is 159 cm³/mol. The number of anilines is 1. The number of hydrazine groups is 1. The summed E-state index contributed by atoms with van der Waals surface area (Å²) in [5, 5.41) is 24.9. The van der Waals surface area contributed by atoms with Crippen molar-refractivity contribution in [1.82, 2.24) is 10.1 Å². The van der Waals surface area contributed by atoms with Gasteiger partial charge in [0.1, 0.15) is 29.2 Å². The second-order valence-corrected chi connectivity index (χ2v) is 11.1. The van der Waals surface area contributed by atoms with Gasteiger partial charge in [-0.1, -0.05) is 40.2 Å². The number of rotatable bonds is 9. The van der Waals surface area contributed by atoms with Crippen molar-refractivity contribution in [3.05, 3.63) is 120 Å². The molecule has 3 unspecified atom stereocenters. The van der Waals surface area contributed by atoms with Crippen LogP contribution in [0.25, 0.3) is 11.3 Å². The Kier molecular flexibility index (Phi) is 7.61. The highest BCUT2D eigenvalue weighted by Gasteiger charge is 2.61. The summed E-state index contributed by atoms with van der Waals surface area (Å²) in [6.45, 7) is 0.0901. The van der Waals surface area contributed by atoms with Crippen LogP contribution in [-0.2, 0) is 21.0 Å². The molecule has 1 aromatic heterocycles. The van der Waals surface area contributed by atoms with Gasteiger partial charge in [-0.25, -0.2) is 0 Å². The van der Waals surface area contributed by atoms with Crippen LogP contribution in [0.5, 0.6) is 0 Å². The minimum Gasteiger partial charge on any atom is -0.459 e. The number of nitro groups is 2. The van der Waals surface area contributed by atoms with Gasteiger partial charge in [-0.3, -0.25) is 44.9 Å². The minimum absolute atomic E-state index is 0.0901. The monoisotopic (exact) mass is 676 g/mol. The maximum Gasteiger partial charge on any atom is 0.300 e. The number of hydroxylamine groups is 2. The summed E-state index contributed by atoms with van der Waals surface area (Å²) in [6.07, 6.45) is -1.32. The molecule has 0 bridgehead atoms. The molecule has 228 valence electrons. The molecule has 3 N–H and O–H groups in total. The quantitative estimate of drug-likeness (QED) is 0.143. The third kappa shape index (κ3) is 5.52. The first kappa shape index (κ1) is 29.6. The SMILES string of the molecule is NC(=O)c1ccc(CN2OC3C(=O)N(Nc4ccc([N+](=O)[O-])cc4[N+](=O)[O-])C(=O)C3C2c2ccc(-c3ccc(Br)cc3)o2)cc1. The topological polar surface area (TPSA) is 204 Å². The average Bonchev–Trinajstić information content (AvgIpc) is 3.70. The smallest absolute Gasteiger partial charge is 0.300 e. The van der Waals surface area contributed by atoms with Crippen molar-refractivity contribution in [1.29, 1.82) is 0 Å². The number of primary amides is 1. The van der Waals surface area contributed by atoms with Crippen LogP contribution in [0.1, 0.15) is 27.7 Å². The molecule has 0 spiro atoms. The van der Waals surface area contributed by atoms with Crippen molar-refractivity contribution in [3.8, 4) is 11.3 Å². The van der Waals surface area contributed by atoms with E-state index in [0.717, 1.165) is 28.2 Å². The van der Waals surface area contributed by atoms with Crippen LogP contribution < -0.4 is 11.2 Å². The van der Waals surface area contributed by atoms with Crippen LogP contribution in [0, 0.1) is 26.1 Å². The molecule has 0 aliphatic carbocycles. The lowest BCUT2D eigenvalue weighted by atomic mass is 9.94. The molecule has 4 aromatic rings. The Bertz CT molecular complexity index is 1860. The molecule has 3 heterocycles. The Morgan fingerprint density at radius 1 is 0.933 bits per heavy atom. The number of nitrogens with one attached hydrogen (secondary N) is 1. The summed E-state index contributed by atoms with van der Waals surface area (Å²) >= 11 is 3.40. The lowest BCUT2D eigenvalue weighted by Crippen LogP contribution is -2.40. The second kappa shape index (κ2) is 11.6. The van der Waals surface area contributed by atoms with E-state index >= 15 is 0 Å². The molecule has 15 nitrogen and oxygen atoms in total. The summed E-state index contributed by atoms with van der Waals surface area (Å²) < 4.78 is 7.06. The summed E-state index contributed by atoms with van der Waals surface area (Å²) in [4.78, 5) is 66.1. The van der Waals surface area contributed by atoms with Crippen molar-refractivity contribution in [2.24, 2.45) is 11.7 Å². The van der Waals surface area contributed by atoms with Gasteiger partial charge in [0.25, 0.3) is 17.5 Å². The first-order valence-corrected chi connectivity index (χ1v) is 14.1. The lowest BCUT2D eigenvalue weighted by molar-refractivity contribution is -0.393. The number of fused-ring (bicyclic) bond motifs is 1. The Morgan fingerprint density at radius 3 is 2.29 bits per heavy atom. The maximum absolute atomic E-state index is 13.8. The number of carbonyl (C=O) groups is 3. The van der Waals surface area contributed by atoms with Crippen molar-refractivity contribution < 1.29 is 33.5 Å². The minimum atomic E-state index is -1.32. The van der Waals surface area contributed by atoms with E-state index in [2.05, 4.69) is 21.4 Å². The molecule has 2 aliphatic heterocycles. The number of hydrogen-bond donors (Lipinski definition) is 2. The third-order valence-corrected chi connectivity index (χ3v) is 7.97. The lowest BCUT2D eigenvalue weighted by Gasteiger charge is -2.26. The highest BCUT2D eigenvalue weighted by Crippen LogP contribution is 2.46. The molecular formula is C29H21BrN6O9. The van der Waals surface area contributed by atoms with E-state index in [1.54, 1.807) is 36.4 Å². The first-order chi connectivity index (χ1) is 21.5. The van der Waals surface area contributed by atoms with Crippen LogP contribution in [0.3, 0.4) is 0 Å². The molecular weight excluding hydrogens is 656 g/mol. The zero-order chi connectivity index (χ0) is 32.0. The largest absolute Gasteiger partial charge is 0.459 e. The molecule has 2 saturated heterocycles. The summed E-state index contributed by atoms with van der Waals surface area (Å²) in [6, 6.07) is 19.0. The number of imide groups is 1. The standard InChI is InChI=1S/C29H21BrN6O9/c30-18-7-5-16(6-8-18)22-11-12-23(44-22)25-24-26(45-33(25)14-15-1-3-17(4-2-15)27(31)37)29(39)34(28(24)38)32-20-10-9-19(35(40)41)13-21(20)36(42)43/h1-13,24-26,32H,14H2,(H2,31,37). The summed E-state index contributed by atoms with van der Waals surface area (Å²) in [7, 11) is 0. The Balaban J connectivity index is 1.34. The molecule has 0 radical (unpaired) electrons. The molecule has 3 amide bonds. The van der Waals surface area contributed by atoms with Crippen LogP contribution in [0.2, 0.25) is 0 Å². The number of amides is 3. The van der Waals surface area contributed by atoms with Crippen LogP contribution in [0.4, 0.5) is 17.1 Å². The van der Waals surface area contributed by atoms with Gasteiger partial charge in [-0.05, 0) is 48.0 Å². The molecule has 6 rings (SSSR count). The number of halogens is 1. The number of hydrogen-bond acceptors (Lipinski definition) is 11. The van der Waals surface area contributed by atoms with Gasteiger partial charge in [0.15, 0.2) is 6.10 Å². The van der Waals surface area contributed by atoms with E-state index in [4.69, 9.17) is 15.0 Å². The fourth-order valence-electron chi connectivity index (χ4n) is 5.27. The van der Waals surface area contributed by atoms with E-state index in [1.165, 1.54) is 5.06 Å². The number of furan rings is 1. The number of carbonyl (C=O) groups excluding carboxylic acids is 3. The maximum atomic E-state index is 13.8. The van der Waals surface area contributed by atoms with E-state index < -0.39 is 57.0 Å². The molecule has 2 aliphatic rings. The number of benzene rings is 3. The van der Waals surface area contributed by atoms with E-state index in [9.17, 15) is 34.6 Å². The van der Waals surface area contributed by atoms with Crippen molar-refractivity contribution in [2.45, 2.75) is 18.7 Å². The zero-order valence-electron chi connectivity index (χ0n) is 22.9. The predicted octanol–water partition coefficient (Wildman–Crippen LogP) is 4.49. The molecule has 45 heavy (non-hydrogen) atoms. The van der Waals surface area contributed by atoms with Gasteiger partial charge in [-0.2, -0.15) is 10.1 Å². The van der Waals surface area contributed by atoms with E-state index in [-0.39, 0.29) is 12.2 Å². The Labute approximate surface area is 261 Å². The Hall–Kier alpha value is -5.45. The zero-order valence-corrected chi connectivity index (χ0v) is 24.4. The normalized spacial score (nSPS) is 19.5. The van der Waals surface area contributed by atoms with Gasteiger partial charge in [0, 0.05) is 28.2 Å². The number of non-ortho nitro benzene ring substituents is 1. The molecule has 16 heteroatoms. The third-order valence-electron chi connectivity index (χ3n) is 7.44. The van der Waals surface area contributed by atoms with Crippen molar-refractivity contribution >= 4 is 50.7 Å². The summed E-state index contributed by atoms with van der Waals surface area (Å²) in [5.74, 6) is -2.49. The van der Waals surface area contributed by atoms with Crippen molar-refractivity contribution in [2.75, 3.05) is 5.43 Å². The fraction of sp³-hybridized carbons (Fsp3) is 0.138. The van der Waals surface area contributed by atoms with E-state index in [0.29, 0.717) is 27.7 Å².